The topological polar surface area (TPSA) is 258 Å². The summed E-state index contributed by atoms with van der Waals surface area (Å²) in [6, 6.07) is 6.03. The maximum absolute atomic E-state index is 13.8. The minimum absolute atomic E-state index is 0.0257. The van der Waals surface area contributed by atoms with Gasteiger partial charge in [0.1, 0.15) is 65.2 Å². The highest BCUT2D eigenvalue weighted by Crippen LogP contribution is 2.40. The lowest BCUT2D eigenvalue weighted by atomic mass is 9.99. The van der Waals surface area contributed by atoms with Gasteiger partial charge >= 0.3 is 0 Å². The van der Waals surface area contributed by atoms with E-state index in [1.807, 2.05) is 0 Å². The number of hydrogen-bond acceptors (Lipinski definition) is 16. The van der Waals surface area contributed by atoms with Crippen LogP contribution in [0.5, 0.6) is 28.7 Å². The summed E-state index contributed by atoms with van der Waals surface area (Å²) in [6.07, 6.45) is -15.7. The smallest absolute Gasteiger partial charge is 0.239 e. The first-order valence-corrected chi connectivity index (χ1v) is 13.4. The first kappa shape index (κ1) is 31.7. The van der Waals surface area contributed by atoms with Gasteiger partial charge in [0, 0.05) is 17.7 Å². The van der Waals surface area contributed by atoms with Crippen molar-refractivity contribution in [2.75, 3.05) is 13.7 Å². The highest BCUT2D eigenvalue weighted by atomic mass is 16.7. The minimum atomic E-state index is -1.90. The number of phenolic OH excluding ortho intramolecular Hbond substituents is 2. The molecule has 0 bridgehead atoms. The summed E-state index contributed by atoms with van der Waals surface area (Å²) in [7, 11) is 1.28. The van der Waals surface area contributed by atoms with E-state index in [0.717, 1.165) is 6.07 Å². The molecular weight excluding hydrogens is 592 g/mol. The fraction of sp³-hybridized carbons (Fsp3) is 0.464. The molecule has 0 unspecified atom stereocenters. The van der Waals surface area contributed by atoms with Gasteiger partial charge in [-0.2, -0.15) is 0 Å². The summed E-state index contributed by atoms with van der Waals surface area (Å²) in [4.78, 5) is 13.8. The second kappa shape index (κ2) is 12.4. The van der Waals surface area contributed by atoms with Crippen LogP contribution in [-0.4, -0.2) is 121 Å². The van der Waals surface area contributed by atoms with E-state index < -0.39 is 90.3 Å². The minimum Gasteiger partial charge on any atom is -0.507 e. The monoisotopic (exact) mass is 624 g/mol. The molecule has 10 atom stereocenters. The van der Waals surface area contributed by atoms with Gasteiger partial charge in [-0.15, -0.1) is 0 Å². The molecule has 1 aromatic heterocycles. The third-order valence-corrected chi connectivity index (χ3v) is 7.49. The molecule has 44 heavy (non-hydrogen) atoms. The van der Waals surface area contributed by atoms with Crippen molar-refractivity contribution in [3.63, 3.8) is 0 Å². The van der Waals surface area contributed by atoms with Gasteiger partial charge in [0.2, 0.25) is 23.8 Å². The normalized spacial score (nSPS) is 32.4. The summed E-state index contributed by atoms with van der Waals surface area (Å²) in [6.45, 7) is 0.680. The Balaban J connectivity index is 1.62. The molecule has 2 aromatic carbocycles. The third-order valence-electron chi connectivity index (χ3n) is 7.49. The van der Waals surface area contributed by atoms with Gasteiger partial charge in [-0.3, -0.25) is 4.79 Å². The van der Waals surface area contributed by atoms with Crippen molar-refractivity contribution in [3.8, 4) is 40.1 Å². The number of aliphatic hydroxyl groups excluding tert-OH is 7. The fourth-order valence-corrected chi connectivity index (χ4v) is 4.97. The van der Waals surface area contributed by atoms with E-state index >= 15 is 0 Å². The van der Waals surface area contributed by atoms with Crippen LogP contribution in [0.25, 0.3) is 22.3 Å². The first-order chi connectivity index (χ1) is 20.9. The molecule has 3 heterocycles. The number of fused-ring (bicyclic) bond motifs is 1. The molecule has 2 fully saturated rings. The molecule has 2 saturated heterocycles. The van der Waals surface area contributed by atoms with Crippen LogP contribution < -0.4 is 19.6 Å². The Labute approximate surface area is 248 Å². The van der Waals surface area contributed by atoms with E-state index in [1.54, 1.807) is 0 Å². The van der Waals surface area contributed by atoms with Gasteiger partial charge in [0.15, 0.2) is 17.3 Å². The van der Waals surface area contributed by atoms with E-state index in [4.69, 9.17) is 28.1 Å². The van der Waals surface area contributed by atoms with E-state index in [2.05, 4.69) is 0 Å². The number of aliphatic hydroxyl groups is 7. The summed E-state index contributed by atoms with van der Waals surface area (Å²) in [5, 5.41) is 91.4. The van der Waals surface area contributed by atoms with Crippen LogP contribution in [0.3, 0.4) is 0 Å². The molecular formula is C28H32O16. The van der Waals surface area contributed by atoms with Gasteiger partial charge in [-0.1, -0.05) is 0 Å². The van der Waals surface area contributed by atoms with E-state index in [0.29, 0.717) is 0 Å². The van der Waals surface area contributed by atoms with Crippen LogP contribution in [0.2, 0.25) is 0 Å². The Morgan fingerprint density at radius 2 is 1.45 bits per heavy atom. The molecule has 9 N–H and O–H groups in total. The zero-order chi connectivity index (χ0) is 32.0. The van der Waals surface area contributed by atoms with Crippen molar-refractivity contribution in [2.45, 2.75) is 68.3 Å². The summed E-state index contributed by atoms with van der Waals surface area (Å²) in [5.74, 6) is -2.08. The molecule has 5 rings (SSSR count). The molecule has 0 aliphatic carbocycles. The third kappa shape index (κ3) is 5.63. The van der Waals surface area contributed by atoms with E-state index in [1.165, 1.54) is 38.3 Å². The largest absolute Gasteiger partial charge is 0.507 e. The summed E-state index contributed by atoms with van der Waals surface area (Å²) in [5.41, 5.74) is -1.16. The van der Waals surface area contributed by atoms with Crippen molar-refractivity contribution in [1.29, 1.82) is 0 Å². The van der Waals surface area contributed by atoms with Crippen LogP contribution >= 0.6 is 0 Å². The molecule has 2 aliphatic heterocycles. The average molecular weight is 625 g/mol. The molecule has 0 radical (unpaired) electrons. The summed E-state index contributed by atoms with van der Waals surface area (Å²) < 4.78 is 33.3. The lowest BCUT2D eigenvalue weighted by molar-refractivity contribution is -0.277. The van der Waals surface area contributed by atoms with E-state index in [-0.39, 0.29) is 34.2 Å². The Morgan fingerprint density at radius 3 is 2.11 bits per heavy atom. The Kier molecular flexibility index (Phi) is 8.90. The number of hydrogen-bond donors (Lipinski definition) is 9. The average Bonchev–Trinajstić information content (AvgIpc) is 3.00. The maximum Gasteiger partial charge on any atom is 0.239 e. The van der Waals surface area contributed by atoms with Crippen LogP contribution in [0.1, 0.15) is 6.92 Å². The van der Waals surface area contributed by atoms with Gasteiger partial charge in [-0.05, 0) is 25.1 Å². The first-order valence-electron chi connectivity index (χ1n) is 13.4. The SMILES string of the molecule is COc1cc(-c2oc3cc(O[C@@H]4O[C@H](C)[C@H](O)[C@H](O)[C@H]4O)cc(O)c3c(=O)c2O[C@@H]2O[C@@H](CO)[C@@H](O)[C@@H](O)[C@H]2O)ccc1O. The predicted octanol–water partition coefficient (Wildman–Crippen LogP) is -1.74. The van der Waals surface area contributed by atoms with Crippen molar-refractivity contribution in [1.82, 2.24) is 0 Å². The number of benzene rings is 2. The fourth-order valence-electron chi connectivity index (χ4n) is 4.97. The molecule has 0 spiro atoms. The predicted molar refractivity (Wildman–Crippen MR) is 145 cm³/mol. The van der Waals surface area contributed by atoms with Gasteiger partial charge < -0.3 is 74.1 Å². The van der Waals surface area contributed by atoms with Crippen molar-refractivity contribution >= 4 is 11.0 Å². The zero-order valence-corrected chi connectivity index (χ0v) is 23.3. The van der Waals surface area contributed by atoms with Crippen molar-refractivity contribution in [2.24, 2.45) is 0 Å². The second-order valence-electron chi connectivity index (χ2n) is 10.4. The lowest BCUT2D eigenvalue weighted by Gasteiger charge is -2.39. The number of methoxy groups -OCH3 is 1. The molecule has 0 amide bonds. The van der Waals surface area contributed by atoms with Gasteiger partial charge in [0.05, 0.1) is 19.8 Å². The second-order valence-corrected chi connectivity index (χ2v) is 10.4. The van der Waals surface area contributed by atoms with Crippen molar-refractivity contribution in [3.05, 3.63) is 40.6 Å². The molecule has 0 saturated carbocycles. The number of rotatable bonds is 7. The van der Waals surface area contributed by atoms with Gasteiger partial charge in [0.25, 0.3) is 0 Å². The lowest BCUT2D eigenvalue weighted by Crippen LogP contribution is -2.60. The van der Waals surface area contributed by atoms with Crippen LogP contribution in [-0.2, 0) is 9.47 Å². The van der Waals surface area contributed by atoms with Crippen molar-refractivity contribution < 1.29 is 74.1 Å². The zero-order valence-electron chi connectivity index (χ0n) is 23.3. The Morgan fingerprint density at radius 1 is 0.795 bits per heavy atom. The highest BCUT2D eigenvalue weighted by molar-refractivity contribution is 5.88. The quantitative estimate of drug-likeness (QED) is 0.141. The number of phenols is 2. The molecule has 240 valence electrons. The number of aromatic hydroxyl groups is 2. The maximum atomic E-state index is 13.8. The molecule has 2 aliphatic rings. The standard InChI is InChI=1S/C28H32O16/c1-9-18(32)21(35)23(37)27(40-9)41-11-6-13(31)17-15(7-11)42-25(10-3-4-12(30)14(5-10)39-2)26(20(17)34)44-28-24(38)22(36)19(33)16(8-29)43-28/h3-7,9,16,18-19,21-24,27-33,35-38H,8H2,1-2H3/t9-,16+,18+,19-,21+,22-,23-,24-,27+,28+/m1/s1. The summed E-state index contributed by atoms with van der Waals surface area (Å²) >= 11 is 0. The number of ether oxygens (including phenoxy) is 5. The van der Waals surface area contributed by atoms with E-state index in [9.17, 15) is 50.8 Å². The highest BCUT2D eigenvalue weighted by Gasteiger charge is 2.46. The molecule has 16 nitrogen and oxygen atoms in total. The Hall–Kier alpha value is -3.71. The van der Waals surface area contributed by atoms with Gasteiger partial charge in [-0.25, -0.2) is 0 Å². The van der Waals surface area contributed by atoms with Crippen LogP contribution in [0, 0.1) is 0 Å². The molecule has 16 heteroatoms. The molecule has 3 aromatic rings. The van der Waals surface area contributed by atoms with Crippen LogP contribution in [0.4, 0.5) is 0 Å². The van der Waals surface area contributed by atoms with Crippen LogP contribution in [0.15, 0.2) is 39.5 Å². The Bertz CT molecular complexity index is 1550.